The average Bonchev–Trinajstić information content (AvgIpc) is 2.30. The minimum Gasteiger partial charge on any atom is -0.330 e. The van der Waals surface area contributed by atoms with Gasteiger partial charge >= 0.3 is 0 Å². The Morgan fingerprint density at radius 1 is 1.06 bits per heavy atom. The Bertz CT molecular complexity index is 497. The van der Waals surface area contributed by atoms with Crippen LogP contribution in [-0.4, -0.2) is 6.54 Å². The highest BCUT2D eigenvalue weighted by atomic mass is 35.5. The Kier molecular flexibility index (Phi) is 4.94. The standard InChI is InChI=1S/C14H18N2.ClH/c1-10-6-7-13(14(16)8-9-15)12-5-3-2-4-11(10)12;/h2-7,14H,8-9,15-16H2,1H3;1H/t14-;/m0./s1. The summed E-state index contributed by atoms with van der Waals surface area (Å²) in [5.41, 5.74) is 14.2. The molecule has 0 saturated carbocycles. The van der Waals surface area contributed by atoms with Crippen molar-refractivity contribution in [2.45, 2.75) is 19.4 Å². The third-order valence-electron chi connectivity index (χ3n) is 3.05. The first kappa shape index (κ1) is 14.0. The van der Waals surface area contributed by atoms with E-state index in [0.717, 1.165) is 6.42 Å². The van der Waals surface area contributed by atoms with Crippen molar-refractivity contribution in [3.63, 3.8) is 0 Å². The summed E-state index contributed by atoms with van der Waals surface area (Å²) in [6.07, 6.45) is 0.826. The molecular weight excluding hydrogens is 232 g/mol. The van der Waals surface area contributed by atoms with Gasteiger partial charge in [-0.05, 0) is 41.8 Å². The van der Waals surface area contributed by atoms with Crippen LogP contribution in [0.5, 0.6) is 0 Å². The first-order chi connectivity index (χ1) is 7.74. The van der Waals surface area contributed by atoms with E-state index in [0.29, 0.717) is 6.54 Å². The Hall–Kier alpha value is -1.09. The van der Waals surface area contributed by atoms with E-state index in [1.54, 1.807) is 0 Å². The molecular formula is C14H19ClN2. The van der Waals surface area contributed by atoms with Crippen molar-refractivity contribution in [2.24, 2.45) is 11.5 Å². The maximum Gasteiger partial charge on any atom is 0.0313 e. The largest absolute Gasteiger partial charge is 0.330 e. The summed E-state index contributed by atoms with van der Waals surface area (Å²) < 4.78 is 0. The van der Waals surface area contributed by atoms with E-state index in [2.05, 4.69) is 43.3 Å². The van der Waals surface area contributed by atoms with Crippen LogP contribution < -0.4 is 11.5 Å². The summed E-state index contributed by atoms with van der Waals surface area (Å²) in [7, 11) is 0. The maximum atomic E-state index is 6.14. The molecule has 0 spiro atoms. The van der Waals surface area contributed by atoms with Crippen molar-refractivity contribution in [1.29, 1.82) is 0 Å². The van der Waals surface area contributed by atoms with Crippen LogP contribution in [0.2, 0.25) is 0 Å². The topological polar surface area (TPSA) is 52.0 Å². The van der Waals surface area contributed by atoms with Gasteiger partial charge in [-0.15, -0.1) is 12.4 Å². The zero-order valence-electron chi connectivity index (χ0n) is 10.0. The Balaban J connectivity index is 0.00000144. The van der Waals surface area contributed by atoms with Gasteiger partial charge < -0.3 is 11.5 Å². The summed E-state index contributed by atoms with van der Waals surface area (Å²) in [5.74, 6) is 0. The first-order valence-corrected chi connectivity index (χ1v) is 5.68. The van der Waals surface area contributed by atoms with E-state index in [1.165, 1.54) is 21.9 Å². The van der Waals surface area contributed by atoms with Crippen LogP contribution >= 0.6 is 12.4 Å². The van der Waals surface area contributed by atoms with Crippen LogP contribution in [0.25, 0.3) is 10.8 Å². The molecule has 0 fully saturated rings. The molecule has 92 valence electrons. The summed E-state index contributed by atoms with van der Waals surface area (Å²) in [6, 6.07) is 12.7. The smallest absolute Gasteiger partial charge is 0.0313 e. The van der Waals surface area contributed by atoms with Crippen molar-refractivity contribution in [3.8, 4) is 0 Å². The highest BCUT2D eigenvalue weighted by molar-refractivity contribution is 5.88. The second-order valence-electron chi connectivity index (χ2n) is 4.20. The van der Waals surface area contributed by atoms with Gasteiger partial charge in [0.15, 0.2) is 0 Å². The zero-order chi connectivity index (χ0) is 11.5. The highest BCUT2D eigenvalue weighted by Gasteiger charge is 2.09. The lowest BCUT2D eigenvalue weighted by Crippen LogP contribution is -2.15. The molecule has 4 N–H and O–H groups in total. The van der Waals surface area contributed by atoms with Crippen molar-refractivity contribution in [3.05, 3.63) is 47.5 Å². The normalized spacial score (nSPS) is 12.2. The van der Waals surface area contributed by atoms with E-state index >= 15 is 0 Å². The molecule has 2 aromatic carbocycles. The lowest BCUT2D eigenvalue weighted by molar-refractivity contribution is 0.666. The number of fused-ring (bicyclic) bond motifs is 1. The molecule has 2 rings (SSSR count). The Morgan fingerprint density at radius 3 is 2.35 bits per heavy atom. The molecule has 0 bridgehead atoms. The summed E-state index contributed by atoms with van der Waals surface area (Å²) in [4.78, 5) is 0. The fraction of sp³-hybridized carbons (Fsp3) is 0.286. The first-order valence-electron chi connectivity index (χ1n) is 5.68. The number of benzene rings is 2. The van der Waals surface area contributed by atoms with Crippen molar-refractivity contribution < 1.29 is 0 Å². The minimum absolute atomic E-state index is 0. The van der Waals surface area contributed by atoms with E-state index in [9.17, 15) is 0 Å². The lowest BCUT2D eigenvalue weighted by atomic mass is 9.95. The van der Waals surface area contributed by atoms with Crippen molar-refractivity contribution >= 4 is 23.2 Å². The van der Waals surface area contributed by atoms with Crippen LogP contribution in [0.1, 0.15) is 23.6 Å². The molecule has 17 heavy (non-hydrogen) atoms. The molecule has 0 aliphatic heterocycles. The van der Waals surface area contributed by atoms with Crippen LogP contribution in [0, 0.1) is 6.92 Å². The van der Waals surface area contributed by atoms with Gasteiger partial charge in [0.1, 0.15) is 0 Å². The highest BCUT2D eigenvalue weighted by Crippen LogP contribution is 2.26. The number of hydrogen-bond acceptors (Lipinski definition) is 2. The molecule has 0 unspecified atom stereocenters. The van der Waals surface area contributed by atoms with Gasteiger partial charge in [-0.3, -0.25) is 0 Å². The Morgan fingerprint density at radius 2 is 1.71 bits per heavy atom. The molecule has 0 aliphatic carbocycles. The van der Waals surface area contributed by atoms with Gasteiger partial charge in [0, 0.05) is 6.04 Å². The van der Waals surface area contributed by atoms with Crippen molar-refractivity contribution in [1.82, 2.24) is 0 Å². The Labute approximate surface area is 108 Å². The minimum atomic E-state index is 0. The molecule has 0 aromatic heterocycles. The molecule has 0 amide bonds. The molecule has 3 heteroatoms. The quantitative estimate of drug-likeness (QED) is 0.880. The van der Waals surface area contributed by atoms with Crippen LogP contribution in [0.3, 0.4) is 0 Å². The second kappa shape index (κ2) is 6.01. The van der Waals surface area contributed by atoms with E-state index in [1.807, 2.05) is 0 Å². The average molecular weight is 251 g/mol. The van der Waals surface area contributed by atoms with Gasteiger partial charge in [0.05, 0.1) is 0 Å². The predicted octanol–water partition coefficient (Wildman–Crippen LogP) is 2.92. The fourth-order valence-electron chi connectivity index (χ4n) is 2.13. The number of nitrogens with two attached hydrogens (primary N) is 2. The van der Waals surface area contributed by atoms with Gasteiger partial charge in [-0.2, -0.15) is 0 Å². The van der Waals surface area contributed by atoms with Gasteiger partial charge in [-0.1, -0.05) is 36.4 Å². The lowest BCUT2D eigenvalue weighted by Gasteiger charge is -2.15. The number of rotatable bonds is 3. The molecule has 0 heterocycles. The van der Waals surface area contributed by atoms with E-state index in [-0.39, 0.29) is 18.4 Å². The maximum absolute atomic E-state index is 6.14. The van der Waals surface area contributed by atoms with Crippen LogP contribution in [-0.2, 0) is 0 Å². The van der Waals surface area contributed by atoms with Gasteiger partial charge in [-0.25, -0.2) is 0 Å². The molecule has 2 aromatic rings. The third-order valence-corrected chi connectivity index (χ3v) is 3.05. The zero-order valence-corrected chi connectivity index (χ0v) is 10.8. The molecule has 2 nitrogen and oxygen atoms in total. The summed E-state index contributed by atoms with van der Waals surface area (Å²) in [5, 5.41) is 2.54. The number of hydrogen-bond donors (Lipinski definition) is 2. The van der Waals surface area contributed by atoms with Crippen LogP contribution in [0.4, 0.5) is 0 Å². The summed E-state index contributed by atoms with van der Waals surface area (Å²) >= 11 is 0. The van der Waals surface area contributed by atoms with E-state index in [4.69, 9.17) is 11.5 Å². The monoisotopic (exact) mass is 250 g/mol. The van der Waals surface area contributed by atoms with Gasteiger partial charge in [0.25, 0.3) is 0 Å². The predicted molar refractivity (Wildman–Crippen MR) is 76.5 cm³/mol. The third kappa shape index (κ3) is 2.78. The molecule has 0 aliphatic rings. The second-order valence-corrected chi connectivity index (χ2v) is 4.20. The van der Waals surface area contributed by atoms with Crippen LogP contribution in [0.15, 0.2) is 36.4 Å². The molecule has 1 atom stereocenters. The fourth-order valence-corrected chi connectivity index (χ4v) is 2.13. The number of aryl methyl sites for hydroxylation is 1. The SMILES string of the molecule is Cc1ccc([C@@H](N)CCN)c2ccccc12.Cl. The van der Waals surface area contributed by atoms with E-state index < -0.39 is 0 Å². The molecule has 0 saturated heterocycles. The summed E-state index contributed by atoms with van der Waals surface area (Å²) in [6.45, 7) is 2.75. The van der Waals surface area contributed by atoms with Gasteiger partial charge in [0.2, 0.25) is 0 Å². The van der Waals surface area contributed by atoms with Crippen molar-refractivity contribution in [2.75, 3.05) is 6.54 Å². The molecule has 0 radical (unpaired) electrons. The number of halogens is 1.